The van der Waals surface area contributed by atoms with E-state index in [9.17, 15) is 0 Å². The normalized spacial score (nSPS) is 20.4. The zero-order valence-corrected chi connectivity index (χ0v) is 22.4. The minimum atomic E-state index is -1.94. The van der Waals surface area contributed by atoms with Crippen LogP contribution in [0.1, 0.15) is 17.5 Å². The van der Waals surface area contributed by atoms with Gasteiger partial charge in [0.1, 0.15) is 18.5 Å². The van der Waals surface area contributed by atoms with Crippen molar-refractivity contribution in [1.82, 2.24) is 0 Å². The van der Waals surface area contributed by atoms with Gasteiger partial charge in [-0.25, -0.2) is 0 Å². The quantitative estimate of drug-likeness (QED) is 0.152. The molecule has 1 fully saturated rings. The van der Waals surface area contributed by atoms with Crippen LogP contribution < -0.4 is 4.74 Å². The Bertz CT molecular complexity index is 981. The summed E-state index contributed by atoms with van der Waals surface area (Å²) in [5.74, 6) is 0.303. The second-order valence-electron chi connectivity index (χ2n) is 8.05. The van der Waals surface area contributed by atoms with Gasteiger partial charge >= 0.3 is 0 Å². The predicted molar refractivity (Wildman–Crippen MR) is 140 cm³/mol. The van der Waals surface area contributed by atoms with Crippen LogP contribution in [0, 0.1) is 5.41 Å². The Hall–Kier alpha value is -1.84. The first-order chi connectivity index (χ1) is 17.3. The number of benzene rings is 2. The van der Waals surface area contributed by atoms with Crippen LogP contribution in [-0.4, -0.2) is 55.6 Å². The number of hydrogen-bond donors (Lipinski definition) is 1. The zero-order valence-electron chi connectivity index (χ0n) is 20.1. The van der Waals surface area contributed by atoms with Crippen molar-refractivity contribution in [1.29, 1.82) is 5.41 Å². The summed E-state index contributed by atoms with van der Waals surface area (Å²) >= 11 is 17.2. The molecule has 2 aromatic rings. The summed E-state index contributed by atoms with van der Waals surface area (Å²) in [6.45, 7) is 1.04. The highest BCUT2D eigenvalue weighted by atomic mass is 35.6. The third-order valence-electron chi connectivity index (χ3n) is 5.52. The van der Waals surface area contributed by atoms with Crippen molar-refractivity contribution in [2.75, 3.05) is 27.4 Å². The molecule has 0 aromatic heterocycles. The zero-order chi connectivity index (χ0) is 26.0. The van der Waals surface area contributed by atoms with Crippen LogP contribution in [0.5, 0.6) is 5.75 Å². The van der Waals surface area contributed by atoms with Gasteiger partial charge in [-0.2, -0.15) is 0 Å². The van der Waals surface area contributed by atoms with Gasteiger partial charge in [0, 0.05) is 13.5 Å². The molecule has 0 radical (unpaired) electrons. The fourth-order valence-electron chi connectivity index (χ4n) is 3.61. The van der Waals surface area contributed by atoms with Crippen molar-refractivity contribution >= 4 is 40.7 Å². The monoisotopic (exact) mass is 557 g/mol. The van der Waals surface area contributed by atoms with Crippen molar-refractivity contribution < 1.29 is 28.4 Å². The number of hydrogen-bond acceptors (Lipinski definition) is 7. The smallest absolute Gasteiger partial charge is 0.265 e. The molecule has 0 spiro atoms. The molecule has 2 aromatic carbocycles. The highest BCUT2D eigenvalue weighted by Gasteiger charge is 2.38. The SMILES string of the molecule is COc1ccc(COC/C(=C\COC(=N)C(Cl)(Cl)Cl)[C@H]2O[C@H](OC)C[C@H]2OCc2ccccc2)cc1. The molecule has 1 saturated heterocycles. The maximum Gasteiger partial charge on any atom is 0.265 e. The Morgan fingerprint density at radius 3 is 2.36 bits per heavy atom. The van der Waals surface area contributed by atoms with Crippen LogP contribution in [0.4, 0.5) is 0 Å². The van der Waals surface area contributed by atoms with E-state index in [2.05, 4.69) is 0 Å². The molecular formula is C26H30Cl3NO6. The summed E-state index contributed by atoms with van der Waals surface area (Å²) in [4.78, 5) is 0. The maximum atomic E-state index is 7.78. The summed E-state index contributed by atoms with van der Waals surface area (Å²) in [7, 11) is 3.22. The fourth-order valence-corrected chi connectivity index (χ4v) is 3.77. The molecule has 0 saturated carbocycles. The van der Waals surface area contributed by atoms with Gasteiger partial charge in [-0.05, 0) is 34.9 Å². The van der Waals surface area contributed by atoms with Crippen LogP contribution in [0.15, 0.2) is 66.2 Å². The van der Waals surface area contributed by atoms with E-state index in [-0.39, 0.29) is 19.3 Å². The van der Waals surface area contributed by atoms with E-state index in [1.807, 2.05) is 54.6 Å². The topological polar surface area (TPSA) is 79.2 Å². The first-order valence-electron chi connectivity index (χ1n) is 11.3. The van der Waals surface area contributed by atoms with Crippen molar-refractivity contribution in [3.63, 3.8) is 0 Å². The molecular weight excluding hydrogens is 529 g/mol. The standard InChI is InChI=1S/C26H30Cl3NO6/c1-31-21-10-8-19(9-11-21)15-33-17-20(12-13-34-25(30)26(27,28)29)24-22(14-23(32-2)36-24)35-16-18-6-4-3-5-7-18/h3-12,22-24,30H,13-17H2,1-2H3/b20-12+,30-25?/t22-,23+,24-/m1/s1. The molecule has 0 amide bonds. The molecule has 0 unspecified atom stereocenters. The molecule has 1 aliphatic heterocycles. The number of alkyl halides is 3. The van der Waals surface area contributed by atoms with Crippen LogP contribution >= 0.6 is 34.8 Å². The number of methoxy groups -OCH3 is 2. The fraction of sp³-hybridized carbons (Fsp3) is 0.423. The molecule has 7 nitrogen and oxygen atoms in total. The van der Waals surface area contributed by atoms with Gasteiger partial charge in [0.2, 0.25) is 5.90 Å². The molecule has 1 aliphatic rings. The molecule has 10 heteroatoms. The Kier molecular flexibility index (Phi) is 11.3. The summed E-state index contributed by atoms with van der Waals surface area (Å²) in [5, 5.41) is 7.78. The van der Waals surface area contributed by atoms with Gasteiger partial charge in [-0.15, -0.1) is 0 Å². The lowest BCUT2D eigenvalue weighted by Gasteiger charge is -2.23. The molecule has 1 N–H and O–H groups in total. The first kappa shape index (κ1) is 28.7. The van der Waals surface area contributed by atoms with E-state index < -0.39 is 22.1 Å². The highest BCUT2D eigenvalue weighted by Crippen LogP contribution is 2.31. The van der Waals surface area contributed by atoms with Crippen LogP contribution in [0.25, 0.3) is 0 Å². The number of ether oxygens (including phenoxy) is 6. The van der Waals surface area contributed by atoms with Crippen molar-refractivity contribution in [2.24, 2.45) is 0 Å². The second-order valence-corrected chi connectivity index (χ2v) is 10.3. The predicted octanol–water partition coefficient (Wildman–Crippen LogP) is 5.85. The average molecular weight is 559 g/mol. The Morgan fingerprint density at radius 2 is 1.72 bits per heavy atom. The van der Waals surface area contributed by atoms with Crippen molar-refractivity contribution in [2.45, 2.75) is 41.9 Å². The minimum absolute atomic E-state index is 0.00309. The molecule has 3 rings (SSSR count). The summed E-state index contributed by atoms with van der Waals surface area (Å²) in [5.41, 5.74) is 2.82. The van der Waals surface area contributed by atoms with Crippen LogP contribution in [0.2, 0.25) is 0 Å². The lowest BCUT2D eigenvalue weighted by Crippen LogP contribution is -2.29. The lowest BCUT2D eigenvalue weighted by molar-refractivity contribution is -0.112. The molecule has 3 atom stereocenters. The van der Waals surface area contributed by atoms with E-state index in [0.717, 1.165) is 22.4 Å². The lowest BCUT2D eigenvalue weighted by atomic mass is 10.0. The molecule has 0 bridgehead atoms. The molecule has 36 heavy (non-hydrogen) atoms. The molecule has 196 valence electrons. The minimum Gasteiger partial charge on any atom is -0.497 e. The molecule has 0 aliphatic carbocycles. The number of nitrogens with one attached hydrogen (secondary N) is 1. The van der Waals surface area contributed by atoms with E-state index in [1.54, 1.807) is 20.3 Å². The third-order valence-corrected chi connectivity index (χ3v) is 6.04. The van der Waals surface area contributed by atoms with Crippen molar-refractivity contribution in [3.8, 4) is 5.75 Å². The Labute approximate surface area is 226 Å². The highest BCUT2D eigenvalue weighted by molar-refractivity contribution is 6.76. The number of halogens is 3. The first-order valence-corrected chi connectivity index (χ1v) is 12.5. The van der Waals surface area contributed by atoms with Gasteiger partial charge in [0.15, 0.2) is 6.29 Å². The van der Waals surface area contributed by atoms with E-state index in [0.29, 0.717) is 19.6 Å². The van der Waals surface area contributed by atoms with Gasteiger partial charge in [-0.3, -0.25) is 5.41 Å². The van der Waals surface area contributed by atoms with Gasteiger partial charge in [0.25, 0.3) is 3.79 Å². The Balaban J connectivity index is 1.70. The van der Waals surface area contributed by atoms with E-state index in [1.165, 1.54) is 0 Å². The van der Waals surface area contributed by atoms with Gasteiger partial charge in [-0.1, -0.05) is 77.3 Å². The van der Waals surface area contributed by atoms with Gasteiger partial charge in [0.05, 0.1) is 33.0 Å². The largest absolute Gasteiger partial charge is 0.497 e. The van der Waals surface area contributed by atoms with E-state index >= 15 is 0 Å². The Morgan fingerprint density at radius 1 is 1.03 bits per heavy atom. The average Bonchev–Trinajstić information content (AvgIpc) is 3.30. The van der Waals surface area contributed by atoms with Crippen molar-refractivity contribution in [3.05, 3.63) is 77.4 Å². The van der Waals surface area contributed by atoms with Crippen LogP contribution in [0.3, 0.4) is 0 Å². The number of rotatable bonds is 12. The summed E-state index contributed by atoms with van der Waals surface area (Å²) in [6, 6.07) is 17.5. The van der Waals surface area contributed by atoms with Crippen LogP contribution in [-0.2, 0) is 36.9 Å². The maximum absolute atomic E-state index is 7.78. The molecule has 1 heterocycles. The van der Waals surface area contributed by atoms with Gasteiger partial charge < -0.3 is 28.4 Å². The summed E-state index contributed by atoms with van der Waals surface area (Å²) in [6.07, 6.45) is 1.16. The van der Waals surface area contributed by atoms with E-state index in [4.69, 9.17) is 68.6 Å². The summed E-state index contributed by atoms with van der Waals surface area (Å²) < 4.78 is 32.4. The third kappa shape index (κ3) is 8.92. The second kappa shape index (κ2) is 14.2.